The van der Waals surface area contributed by atoms with Crippen LogP contribution in [0.15, 0.2) is 0 Å². The van der Waals surface area contributed by atoms with Crippen molar-refractivity contribution < 1.29 is 38.1 Å². The van der Waals surface area contributed by atoms with E-state index in [0.717, 1.165) is 6.92 Å². The Balaban J connectivity index is 3.64. The fourth-order valence-corrected chi connectivity index (χ4v) is 0.661. The lowest BCUT2D eigenvalue weighted by Gasteiger charge is -2.06. The molecule has 102 valence electrons. The number of esters is 4. The van der Waals surface area contributed by atoms with Crippen LogP contribution in [-0.4, -0.2) is 37.5 Å². The van der Waals surface area contributed by atoms with Gasteiger partial charge in [0.05, 0.1) is 0 Å². The summed E-state index contributed by atoms with van der Waals surface area (Å²) in [6.45, 7) is 1.61. The summed E-state index contributed by atoms with van der Waals surface area (Å²) in [5.74, 6) is -2.97. The van der Waals surface area contributed by atoms with E-state index in [4.69, 9.17) is 0 Å². The third kappa shape index (κ3) is 9.13. The molecule has 8 heteroatoms. The van der Waals surface area contributed by atoms with Crippen LogP contribution in [0, 0.1) is 0 Å². The second kappa shape index (κ2) is 8.97. The van der Waals surface area contributed by atoms with Crippen LogP contribution in [0.3, 0.4) is 0 Å². The minimum Gasteiger partial charge on any atom is -0.428 e. The Morgan fingerprint density at radius 3 is 1.67 bits per heavy atom. The Hall–Kier alpha value is -2.12. The second-order valence-electron chi connectivity index (χ2n) is 2.95. The number of hydrogen-bond acceptors (Lipinski definition) is 8. The van der Waals surface area contributed by atoms with Crippen LogP contribution in [-0.2, 0) is 38.1 Å². The van der Waals surface area contributed by atoms with Crippen molar-refractivity contribution >= 4 is 23.9 Å². The molecule has 0 rings (SSSR count). The van der Waals surface area contributed by atoms with Gasteiger partial charge in [0, 0.05) is 13.3 Å². The van der Waals surface area contributed by atoms with Crippen molar-refractivity contribution in [3.63, 3.8) is 0 Å². The smallest absolute Gasteiger partial charge is 0.320 e. The molecule has 0 atom stereocenters. The summed E-state index contributed by atoms with van der Waals surface area (Å²) in [6.07, 6.45) is -0.507. The average molecular weight is 262 g/mol. The molecule has 0 spiro atoms. The molecular weight excluding hydrogens is 248 g/mol. The third-order valence-electron chi connectivity index (χ3n) is 1.50. The van der Waals surface area contributed by atoms with Gasteiger partial charge in [0.2, 0.25) is 13.6 Å². The molecule has 0 saturated carbocycles. The van der Waals surface area contributed by atoms with Crippen molar-refractivity contribution in [3.05, 3.63) is 0 Å². The summed E-state index contributed by atoms with van der Waals surface area (Å²) >= 11 is 0. The normalized spacial score (nSPS) is 9.22. The van der Waals surface area contributed by atoms with Crippen molar-refractivity contribution in [2.45, 2.75) is 26.7 Å². The lowest BCUT2D eigenvalue weighted by atomic mass is 10.4. The van der Waals surface area contributed by atoms with E-state index < -0.39 is 43.9 Å². The van der Waals surface area contributed by atoms with Crippen molar-refractivity contribution in [1.29, 1.82) is 0 Å². The quantitative estimate of drug-likeness (QED) is 0.355. The molecule has 0 radical (unpaired) electrons. The molecule has 0 N–H and O–H groups in total. The Morgan fingerprint density at radius 2 is 1.22 bits per heavy atom. The van der Waals surface area contributed by atoms with E-state index >= 15 is 0 Å². The first-order valence-corrected chi connectivity index (χ1v) is 5.06. The maximum atomic E-state index is 11.0. The van der Waals surface area contributed by atoms with Gasteiger partial charge in [-0.15, -0.1) is 0 Å². The number of hydrogen-bond donors (Lipinski definition) is 0. The van der Waals surface area contributed by atoms with Gasteiger partial charge in [-0.25, -0.2) is 0 Å². The zero-order valence-electron chi connectivity index (χ0n) is 10.1. The van der Waals surface area contributed by atoms with Gasteiger partial charge in [0.15, 0.2) is 0 Å². The molecule has 18 heavy (non-hydrogen) atoms. The zero-order chi connectivity index (χ0) is 14.0. The lowest BCUT2D eigenvalue weighted by molar-refractivity contribution is -0.172. The Kier molecular flexibility index (Phi) is 7.91. The number of carbonyl (C=O) groups is 4. The van der Waals surface area contributed by atoms with Gasteiger partial charge in [0.25, 0.3) is 0 Å². The monoisotopic (exact) mass is 262 g/mol. The minimum absolute atomic E-state index is 0.155. The fourth-order valence-electron chi connectivity index (χ4n) is 0.661. The maximum Gasteiger partial charge on any atom is 0.320 e. The summed E-state index contributed by atoms with van der Waals surface area (Å²) in [7, 11) is 0. The van der Waals surface area contributed by atoms with Gasteiger partial charge in [-0.3, -0.25) is 19.2 Å². The van der Waals surface area contributed by atoms with Crippen LogP contribution < -0.4 is 0 Å². The molecule has 0 aliphatic carbocycles. The molecule has 0 bridgehead atoms. The van der Waals surface area contributed by atoms with Crippen LogP contribution in [0.4, 0.5) is 0 Å². The van der Waals surface area contributed by atoms with Gasteiger partial charge >= 0.3 is 23.9 Å². The zero-order valence-corrected chi connectivity index (χ0v) is 10.1. The molecule has 0 aromatic rings. The van der Waals surface area contributed by atoms with E-state index in [1.807, 2.05) is 0 Å². The second-order valence-corrected chi connectivity index (χ2v) is 2.95. The number of rotatable bonds is 7. The fraction of sp³-hybridized carbons (Fsp3) is 0.600. The molecule has 8 nitrogen and oxygen atoms in total. The highest BCUT2D eigenvalue weighted by Gasteiger charge is 2.13. The minimum atomic E-state index is -0.914. The van der Waals surface area contributed by atoms with Gasteiger partial charge < -0.3 is 18.9 Å². The van der Waals surface area contributed by atoms with E-state index in [-0.39, 0.29) is 6.42 Å². The van der Waals surface area contributed by atoms with Crippen LogP contribution >= 0.6 is 0 Å². The standard InChI is InChI=1S/C10H14O8/c1-3-8(12)16-6-18-10(14)4-9(13)17-5-15-7(2)11/h3-6H2,1-2H3. The maximum absolute atomic E-state index is 11.0. The molecular formula is C10H14O8. The van der Waals surface area contributed by atoms with Crippen LogP contribution in [0.5, 0.6) is 0 Å². The largest absolute Gasteiger partial charge is 0.428 e. The highest BCUT2D eigenvalue weighted by Crippen LogP contribution is 1.93. The Morgan fingerprint density at radius 1 is 0.778 bits per heavy atom. The number of ether oxygens (including phenoxy) is 4. The Bertz CT molecular complexity index is 322. The molecule has 0 fully saturated rings. The van der Waals surface area contributed by atoms with Crippen LogP contribution in [0.25, 0.3) is 0 Å². The first kappa shape index (κ1) is 15.9. The van der Waals surface area contributed by atoms with Gasteiger partial charge in [-0.1, -0.05) is 6.92 Å². The summed E-state index contributed by atoms with van der Waals surface area (Å²) in [5, 5.41) is 0. The average Bonchev–Trinajstić information content (AvgIpc) is 2.28. The Labute approximate surface area is 103 Å². The summed E-state index contributed by atoms with van der Waals surface area (Å²) in [4.78, 5) is 43.0. The molecule has 0 saturated heterocycles. The first-order chi connectivity index (χ1) is 8.45. The highest BCUT2D eigenvalue weighted by atomic mass is 16.7. The number of carbonyl (C=O) groups excluding carboxylic acids is 4. The van der Waals surface area contributed by atoms with Crippen molar-refractivity contribution in [2.24, 2.45) is 0 Å². The first-order valence-electron chi connectivity index (χ1n) is 5.06. The van der Waals surface area contributed by atoms with E-state index in [1.54, 1.807) is 6.92 Å². The SMILES string of the molecule is CCC(=O)OCOC(=O)CC(=O)OCOC(C)=O. The molecule has 0 heterocycles. The van der Waals surface area contributed by atoms with E-state index in [2.05, 4.69) is 18.9 Å². The van der Waals surface area contributed by atoms with Crippen molar-refractivity contribution in [2.75, 3.05) is 13.6 Å². The van der Waals surface area contributed by atoms with Crippen molar-refractivity contribution in [3.8, 4) is 0 Å². The molecule has 0 unspecified atom stereocenters. The van der Waals surface area contributed by atoms with Crippen LogP contribution in [0.1, 0.15) is 26.7 Å². The van der Waals surface area contributed by atoms with E-state index in [1.165, 1.54) is 0 Å². The molecule has 0 aromatic heterocycles. The molecule has 0 amide bonds. The van der Waals surface area contributed by atoms with Gasteiger partial charge in [-0.2, -0.15) is 0 Å². The lowest BCUT2D eigenvalue weighted by Crippen LogP contribution is -2.18. The molecule has 0 aliphatic rings. The van der Waals surface area contributed by atoms with Gasteiger partial charge in [0.1, 0.15) is 6.42 Å². The van der Waals surface area contributed by atoms with Crippen LogP contribution in [0.2, 0.25) is 0 Å². The summed E-state index contributed by atoms with van der Waals surface area (Å²) in [5.41, 5.74) is 0. The van der Waals surface area contributed by atoms with Gasteiger partial charge in [-0.05, 0) is 0 Å². The summed E-state index contributed by atoms with van der Waals surface area (Å²) < 4.78 is 17.6. The predicted molar refractivity (Wildman–Crippen MR) is 54.7 cm³/mol. The summed E-state index contributed by atoms with van der Waals surface area (Å²) in [6, 6.07) is 0. The third-order valence-corrected chi connectivity index (χ3v) is 1.50. The molecule has 0 aromatic carbocycles. The van der Waals surface area contributed by atoms with E-state index in [0.29, 0.717) is 0 Å². The van der Waals surface area contributed by atoms with Crippen molar-refractivity contribution in [1.82, 2.24) is 0 Å². The molecule has 0 aliphatic heterocycles. The predicted octanol–water partition coefficient (Wildman–Crippen LogP) is -0.106. The topological polar surface area (TPSA) is 105 Å². The highest BCUT2D eigenvalue weighted by molar-refractivity contribution is 5.91. The van der Waals surface area contributed by atoms with E-state index in [9.17, 15) is 19.2 Å².